The molecule has 0 aliphatic heterocycles. The van der Waals surface area contributed by atoms with Crippen molar-refractivity contribution in [1.82, 2.24) is 19.6 Å². The van der Waals surface area contributed by atoms with Gasteiger partial charge < -0.3 is 19.5 Å². The largest absolute Gasteiger partial charge is 0.493 e. The van der Waals surface area contributed by atoms with E-state index in [1.54, 1.807) is 50.7 Å². The molecule has 0 saturated heterocycles. The molecule has 0 bridgehead atoms. The number of benzene rings is 2. The molecule has 0 aliphatic carbocycles. The minimum Gasteiger partial charge on any atom is -0.493 e. The van der Waals surface area contributed by atoms with Crippen molar-refractivity contribution in [2.24, 2.45) is 0 Å². The summed E-state index contributed by atoms with van der Waals surface area (Å²) in [7, 11) is 3.12. The molecule has 1 amide bonds. The molecule has 10 heteroatoms. The van der Waals surface area contributed by atoms with E-state index in [0.717, 1.165) is 22.9 Å². The standard InChI is InChI=1S/C28H24FN5O4/c1-16-17(2)31-26-12-13-30-34(26)28(16)38-22-10-9-19(14-20(22)29)27(35)33-25-7-5-6-21(32-25)18-8-11-23(36-3)24(15-18)37-4/h5-15H,1-4H3,(H,32,33,35). The monoisotopic (exact) mass is 513 g/mol. The van der Waals surface area contributed by atoms with Gasteiger partial charge in [-0.1, -0.05) is 6.07 Å². The zero-order valence-electron chi connectivity index (χ0n) is 21.2. The number of carbonyl (C=O) groups is 1. The van der Waals surface area contributed by atoms with Crippen molar-refractivity contribution in [3.05, 3.63) is 89.5 Å². The fraction of sp³-hybridized carbons (Fsp3) is 0.143. The number of nitrogens with zero attached hydrogens (tertiary/aromatic N) is 4. The van der Waals surface area contributed by atoms with Crippen molar-refractivity contribution in [1.29, 1.82) is 0 Å². The number of halogens is 1. The molecule has 9 nitrogen and oxygen atoms in total. The zero-order chi connectivity index (χ0) is 26.8. The summed E-state index contributed by atoms with van der Waals surface area (Å²) in [5.41, 5.74) is 3.56. The molecule has 0 unspecified atom stereocenters. The Morgan fingerprint density at radius 1 is 0.921 bits per heavy atom. The van der Waals surface area contributed by atoms with Gasteiger partial charge >= 0.3 is 0 Å². The molecule has 3 heterocycles. The second-order valence-electron chi connectivity index (χ2n) is 8.41. The molecule has 0 radical (unpaired) electrons. The number of ether oxygens (including phenoxy) is 3. The van der Waals surface area contributed by atoms with Crippen LogP contribution in [0.25, 0.3) is 16.9 Å². The van der Waals surface area contributed by atoms with Crippen molar-refractivity contribution in [2.45, 2.75) is 13.8 Å². The molecule has 5 aromatic rings. The quantitative estimate of drug-likeness (QED) is 0.302. The molecule has 0 atom stereocenters. The number of rotatable bonds is 7. The Morgan fingerprint density at radius 2 is 1.71 bits per heavy atom. The van der Waals surface area contributed by atoms with Crippen LogP contribution in [0.5, 0.6) is 23.1 Å². The van der Waals surface area contributed by atoms with Gasteiger partial charge in [0, 0.05) is 28.5 Å². The van der Waals surface area contributed by atoms with E-state index in [-0.39, 0.29) is 11.3 Å². The normalized spacial score (nSPS) is 10.9. The van der Waals surface area contributed by atoms with Gasteiger partial charge in [-0.2, -0.15) is 9.61 Å². The van der Waals surface area contributed by atoms with Gasteiger partial charge in [-0.05, 0) is 62.4 Å². The highest BCUT2D eigenvalue weighted by atomic mass is 19.1. The van der Waals surface area contributed by atoms with E-state index in [0.29, 0.717) is 34.5 Å². The highest BCUT2D eigenvalue weighted by Crippen LogP contribution is 2.32. The van der Waals surface area contributed by atoms with E-state index in [1.807, 2.05) is 26.0 Å². The van der Waals surface area contributed by atoms with E-state index in [2.05, 4.69) is 20.4 Å². The van der Waals surface area contributed by atoms with Crippen molar-refractivity contribution < 1.29 is 23.4 Å². The molecule has 0 fully saturated rings. The summed E-state index contributed by atoms with van der Waals surface area (Å²) in [6.07, 6.45) is 1.59. The smallest absolute Gasteiger partial charge is 0.256 e. The lowest BCUT2D eigenvalue weighted by Crippen LogP contribution is -2.13. The van der Waals surface area contributed by atoms with E-state index < -0.39 is 11.7 Å². The highest BCUT2D eigenvalue weighted by Gasteiger charge is 2.17. The highest BCUT2D eigenvalue weighted by molar-refractivity contribution is 6.04. The van der Waals surface area contributed by atoms with Crippen LogP contribution in [-0.2, 0) is 0 Å². The third kappa shape index (κ3) is 4.71. The fourth-order valence-electron chi connectivity index (χ4n) is 3.90. The van der Waals surface area contributed by atoms with Gasteiger partial charge in [0.05, 0.1) is 26.1 Å². The van der Waals surface area contributed by atoms with Crippen LogP contribution in [0, 0.1) is 19.7 Å². The van der Waals surface area contributed by atoms with E-state index in [4.69, 9.17) is 14.2 Å². The third-order valence-electron chi connectivity index (χ3n) is 6.03. The maximum absolute atomic E-state index is 15.0. The first-order valence-electron chi connectivity index (χ1n) is 11.7. The first-order valence-corrected chi connectivity index (χ1v) is 11.7. The number of methoxy groups -OCH3 is 2. The third-order valence-corrected chi connectivity index (χ3v) is 6.03. The SMILES string of the molecule is COc1ccc(-c2cccc(NC(=O)c3ccc(Oc4c(C)c(C)nc5ccnn45)c(F)c3)n2)cc1OC. The Hall–Kier alpha value is -4.99. The van der Waals surface area contributed by atoms with Crippen LogP contribution < -0.4 is 19.5 Å². The molecule has 2 aromatic carbocycles. The lowest BCUT2D eigenvalue weighted by molar-refractivity contribution is 0.102. The van der Waals surface area contributed by atoms with Gasteiger partial charge in [0.15, 0.2) is 28.7 Å². The average molecular weight is 514 g/mol. The molecule has 3 aromatic heterocycles. The van der Waals surface area contributed by atoms with Crippen LogP contribution in [0.3, 0.4) is 0 Å². The topological polar surface area (TPSA) is 99.9 Å². The van der Waals surface area contributed by atoms with Crippen molar-refractivity contribution >= 4 is 17.4 Å². The lowest BCUT2D eigenvalue weighted by Gasteiger charge is -2.13. The molecule has 38 heavy (non-hydrogen) atoms. The van der Waals surface area contributed by atoms with Gasteiger partial charge in [0.1, 0.15) is 5.82 Å². The van der Waals surface area contributed by atoms with Crippen LogP contribution in [0.15, 0.2) is 66.9 Å². The summed E-state index contributed by atoms with van der Waals surface area (Å²) in [6.45, 7) is 3.66. The Kier molecular flexibility index (Phi) is 6.61. The second-order valence-corrected chi connectivity index (χ2v) is 8.41. The number of hydrogen-bond donors (Lipinski definition) is 1. The summed E-state index contributed by atoms with van der Waals surface area (Å²) < 4.78 is 33.0. The maximum atomic E-state index is 15.0. The molecule has 1 N–H and O–H groups in total. The molecule has 5 rings (SSSR count). The number of hydrogen-bond acceptors (Lipinski definition) is 7. The predicted octanol–water partition coefficient (Wildman–Crippen LogP) is 5.61. The van der Waals surface area contributed by atoms with Crippen molar-refractivity contribution in [3.8, 4) is 34.4 Å². The summed E-state index contributed by atoms with van der Waals surface area (Å²) in [4.78, 5) is 21.8. The van der Waals surface area contributed by atoms with Gasteiger partial charge in [-0.3, -0.25) is 4.79 Å². The molecule has 0 aliphatic rings. The Morgan fingerprint density at radius 3 is 2.47 bits per heavy atom. The minimum atomic E-state index is -0.696. The number of anilines is 1. The molecule has 192 valence electrons. The first-order chi connectivity index (χ1) is 18.4. The predicted molar refractivity (Wildman–Crippen MR) is 140 cm³/mol. The Balaban J connectivity index is 1.36. The van der Waals surface area contributed by atoms with Crippen LogP contribution in [0.1, 0.15) is 21.6 Å². The van der Waals surface area contributed by atoms with E-state index >= 15 is 4.39 Å². The number of carbonyl (C=O) groups excluding carboxylic acids is 1. The number of fused-ring (bicyclic) bond motifs is 1. The molecule has 0 spiro atoms. The van der Waals surface area contributed by atoms with E-state index in [1.165, 1.54) is 16.6 Å². The van der Waals surface area contributed by atoms with Crippen LogP contribution >= 0.6 is 0 Å². The second kappa shape index (κ2) is 10.2. The average Bonchev–Trinajstić information content (AvgIpc) is 3.39. The number of amides is 1. The summed E-state index contributed by atoms with van der Waals surface area (Å²) >= 11 is 0. The van der Waals surface area contributed by atoms with Crippen molar-refractivity contribution in [2.75, 3.05) is 19.5 Å². The van der Waals surface area contributed by atoms with Crippen molar-refractivity contribution in [3.63, 3.8) is 0 Å². The maximum Gasteiger partial charge on any atom is 0.256 e. The Bertz CT molecular complexity index is 1670. The van der Waals surface area contributed by atoms with Gasteiger partial charge in [0.25, 0.3) is 5.91 Å². The summed E-state index contributed by atoms with van der Waals surface area (Å²) in [6, 6.07) is 16.4. The Labute approximate surface area is 217 Å². The first kappa shape index (κ1) is 24.7. The van der Waals surface area contributed by atoms with Gasteiger partial charge in [0.2, 0.25) is 5.88 Å². The number of pyridine rings is 1. The van der Waals surface area contributed by atoms with Crippen LogP contribution in [0.2, 0.25) is 0 Å². The number of aromatic nitrogens is 4. The summed E-state index contributed by atoms with van der Waals surface area (Å²) in [5, 5.41) is 6.93. The van der Waals surface area contributed by atoms with E-state index in [9.17, 15) is 4.79 Å². The number of aryl methyl sites for hydroxylation is 1. The summed E-state index contributed by atoms with van der Waals surface area (Å²) in [5.74, 6) is 0.567. The lowest BCUT2D eigenvalue weighted by atomic mass is 10.1. The molecular weight excluding hydrogens is 489 g/mol. The van der Waals surface area contributed by atoms with Crippen LogP contribution in [-0.4, -0.2) is 39.7 Å². The van der Waals surface area contributed by atoms with Crippen LogP contribution in [0.4, 0.5) is 10.2 Å². The minimum absolute atomic E-state index is 0.0411. The van der Waals surface area contributed by atoms with Gasteiger partial charge in [-0.25, -0.2) is 14.4 Å². The van der Waals surface area contributed by atoms with Gasteiger partial charge in [-0.15, -0.1) is 0 Å². The molecular formula is C28H24FN5O4. The number of nitrogens with one attached hydrogen (secondary N) is 1. The molecule has 0 saturated carbocycles. The fourth-order valence-corrected chi connectivity index (χ4v) is 3.90. The zero-order valence-corrected chi connectivity index (χ0v) is 21.2.